The average Bonchev–Trinajstić information content (AvgIpc) is 2.78. The van der Waals surface area contributed by atoms with Gasteiger partial charge in [0.1, 0.15) is 11.3 Å². The molecule has 32 heavy (non-hydrogen) atoms. The van der Waals surface area contributed by atoms with E-state index in [1.54, 1.807) is 0 Å². The number of carboxylic acids is 1. The largest absolute Gasteiger partial charge is 0.481 e. The van der Waals surface area contributed by atoms with Crippen LogP contribution in [-0.2, 0) is 4.79 Å². The van der Waals surface area contributed by atoms with Crippen molar-refractivity contribution >= 4 is 39.7 Å². The van der Waals surface area contributed by atoms with Gasteiger partial charge in [0, 0.05) is 18.1 Å². The Morgan fingerprint density at radius 3 is 1.78 bits per heavy atom. The van der Waals surface area contributed by atoms with Crippen molar-refractivity contribution in [3.05, 3.63) is 72.8 Å². The van der Waals surface area contributed by atoms with Gasteiger partial charge in [-0.15, -0.1) is 0 Å². The molecule has 0 aliphatic carbocycles. The van der Waals surface area contributed by atoms with Crippen molar-refractivity contribution in [3.8, 4) is 22.5 Å². The number of anilines is 2. The molecule has 0 atom stereocenters. The fourth-order valence-corrected chi connectivity index (χ4v) is 3.38. The Kier molecular flexibility index (Phi) is 5.59. The molecule has 0 aliphatic heterocycles. The molecular weight excluding hydrogens is 404 g/mol. The predicted octanol–water partition coefficient (Wildman–Crippen LogP) is 4.16. The van der Waals surface area contributed by atoms with Gasteiger partial charge in [-0.25, -0.2) is 15.0 Å². The molecule has 5 rings (SSSR count). The fraction of sp³-hybridized carbons (Fsp3) is 0.0417. The number of carbonyl (C=O) groups is 1. The van der Waals surface area contributed by atoms with Crippen molar-refractivity contribution < 1.29 is 9.90 Å². The van der Waals surface area contributed by atoms with Gasteiger partial charge in [0.05, 0.1) is 27.8 Å². The van der Waals surface area contributed by atoms with E-state index in [9.17, 15) is 0 Å². The van der Waals surface area contributed by atoms with Crippen molar-refractivity contribution in [2.45, 2.75) is 6.92 Å². The molecular formula is C24H20N6O2. The molecule has 8 heteroatoms. The minimum absolute atomic E-state index is 0.140. The Morgan fingerprint density at radius 1 is 0.719 bits per heavy atom. The van der Waals surface area contributed by atoms with Gasteiger partial charge < -0.3 is 16.6 Å². The second-order valence-corrected chi connectivity index (χ2v) is 6.97. The molecule has 8 nitrogen and oxygen atoms in total. The third kappa shape index (κ3) is 4.15. The van der Waals surface area contributed by atoms with Gasteiger partial charge in [-0.2, -0.15) is 4.98 Å². The third-order valence-corrected chi connectivity index (χ3v) is 4.64. The Bertz CT molecular complexity index is 1420. The van der Waals surface area contributed by atoms with Crippen LogP contribution in [0.4, 0.5) is 11.8 Å². The number of fused-ring (bicyclic) bond motifs is 3. The zero-order valence-corrected chi connectivity index (χ0v) is 17.2. The molecule has 0 radical (unpaired) electrons. The van der Waals surface area contributed by atoms with Crippen molar-refractivity contribution in [3.63, 3.8) is 0 Å². The lowest BCUT2D eigenvalue weighted by molar-refractivity contribution is -0.134. The summed E-state index contributed by atoms with van der Waals surface area (Å²) in [5, 5.41) is 8.08. The van der Waals surface area contributed by atoms with E-state index in [0.29, 0.717) is 22.2 Å². The number of hydrogen-bond acceptors (Lipinski definition) is 7. The molecule has 3 aromatic carbocycles. The van der Waals surface area contributed by atoms with Crippen LogP contribution in [0.5, 0.6) is 0 Å². The van der Waals surface area contributed by atoms with E-state index in [1.165, 1.54) is 0 Å². The molecule has 5 aromatic rings. The van der Waals surface area contributed by atoms with E-state index >= 15 is 0 Å². The van der Waals surface area contributed by atoms with E-state index < -0.39 is 5.97 Å². The average molecular weight is 424 g/mol. The van der Waals surface area contributed by atoms with E-state index in [4.69, 9.17) is 31.3 Å². The lowest BCUT2D eigenvalue weighted by atomic mass is 10.0. The summed E-state index contributed by atoms with van der Waals surface area (Å²) in [5.41, 5.74) is 17.5. The number of hydrogen-bond donors (Lipinski definition) is 3. The first-order valence-corrected chi connectivity index (χ1v) is 9.78. The monoisotopic (exact) mass is 424 g/mol. The zero-order valence-electron chi connectivity index (χ0n) is 17.2. The molecule has 0 saturated heterocycles. The summed E-state index contributed by atoms with van der Waals surface area (Å²) in [5.74, 6) is -0.393. The number of aliphatic carboxylic acids is 1. The van der Waals surface area contributed by atoms with Crippen LogP contribution in [0.2, 0.25) is 0 Å². The number of nitrogens with zero attached hydrogens (tertiary/aromatic N) is 4. The molecule has 158 valence electrons. The number of aromatic nitrogens is 4. The smallest absolute Gasteiger partial charge is 0.300 e. The number of rotatable bonds is 2. The van der Waals surface area contributed by atoms with Crippen LogP contribution >= 0.6 is 0 Å². The first kappa shape index (κ1) is 20.7. The summed E-state index contributed by atoms with van der Waals surface area (Å²) < 4.78 is 0. The highest BCUT2D eigenvalue weighted by molar-refractivity contribution is 6.09. The van der Waals surface area contributed by atoms with E-state index in [0.717, 1.165) is 35.0 Å². The van der Waals surface area contributed by atoms with Crippen molar-refractivity contribution in [1.82, 2.24) is 19.9 Å². The Balaban J connectivity index is 0.000000567. The molecule has 0 fully saturated rings. The van der Waals surface area contributed by atoms with Crippen LogP contribution < -0.4 is 11.5 Å². The van der Waals surface area contributed by atoms with Gasteiger partial charge in [0.2, 0.25) is 5.95 Å². The molecule has 0 bridgehead atoms. The summed E-state index contributed by atoms with van der Waals surface area (Å²) in [4.78, 5) is 27.3. The molecule has 0 spiro atoms. The maximum atomic E-state index is 9.00. The highest BCUT2D eigenvalue weighted by atomic mass is 16.4. The quantitative estimate of drug-likeness (QED) is 0.359. The van der Waals surface area contributed by atoms with Crippen molar-refractivity contribution in [2.75, 3.05) is 11.5 Å². The SMILES string of the molecule is CC(=O)O.Nc1nc(N)c2c(ccc3nc(-c4ccccc4)c(-c4ccccc4)nc32)n1. The first-order valence-electron chi connectivity index (χ1n) is 9.78. The van der Waals surface area contributed by atoms with Gasteiger partial charge >= 0.3 is 0 Å². The van der Waals surface area contributed by atoms with E-state index in [-0.39, 0.29) is 5.95 Å². The third-order valence-electron chi connectivity index (χ3n) is 4.64. The van der Waals surface area contributed by atoms with Crippen molar-refractivity contribution in [1.29, 1.82) is 0 Å². The number of nitrogens with two attached hydrogens (primary N) is 2. The van der Waals surface area contributed by atoms with Gasteiger partial charge in [-0.1, -0.05) is 60.7 Å². The minimum Gasteiger partial charge on any atom is -0.481 e. The normalized spacial score (nSPS) is 10.5. The number of carboxylic acid groups (broad SMARTS) is 1. The minimum atomic E-state index is -0.833. The number of benzene rings is 3. The van der Waals surface area contributed by atoms with E-state index in [1.807, 2.05) is 72.8 Å². The molecule has 5 N–H and O–H groups in total. The van der Waals surface area contributed by atoms with Crippen LogP contribution in [0.1, 0.15) is 6.92 Å². The maximum Gasteiger partial charge on any atom is 0.300 e. The molecule has 0 aliphatic rings. The first-order chi connectivity index (χ1) is 15.4. The van der Waals surface area contributed by atoms with Crippen LogP contribution in [0.3, 0.4) is 0 Å². The Morgan fingerprint density at radius 2 is 1.22 bits per heavy atom. The molecule has 2 aromatic heterocycles. The Labute approximate surface area is 183 Å². The number of nitrogen functional groups attached to an aromatic ring is 2. The van der Waals surface area contributed by atoms with E-state index in [2.05, 4.69) is 9.97 Å². The second-order valence-electron chi connectivity index (χ2n) is 6.97. The molecule has 2 heterocycles. The fourth-order valence-electron chi connectivity index (χ4n) is 3.38. The van der Waals surface area contributed by atoms with Crippen LogP contribution in [-0.4, -0.2) is 31.0 Å². The van der Waals surface area contributed by atoms with Crippen molar-refractivity contribution in [2.24, 2.45) is 0 Å². The standard InChI is InChI=1S/C22H16N6.C2H4O2/c23-21-17-15(26-22(24)28-21)11-12-16-20(17)27-19(14-9-5-2-6-10-14)18(25-16)13-7-3-1-4-8-13;1-2(3)4/h1-12H,(H4,23,24,26,28);1H3,(H,3,4). The summed E-state index contributed by atoms with van der Waals surface area (Å²) in [6.45, 7) is 1.08. The highest BCUT2D eigenvalue weighted by Crippen LogP contribution is 2.34. The summed E-state index contributed by atoms with van der Waals surface area (Å²) in [6.07, 6.45) is 0. The lowest BCUT2D eigenvalue weighted by Gasteiger charge is -2.12. The maximum absolute atomic E-state index is 9.00. The lowest BCUT2D eigenvalue weighted by Crippen LogP contribution is -2.02. The zero-order chi connectivity index (χ0) is 22.7. The van der Waals surface area contributed by atoms with Gasteiger partial charge in [0.25, 0.3) is 5.97 Å². The predicted molar refractivity (Wildman–Crippen MR) is 126 cm³/mol. The van der Waals surface area contributed by atoms with Crippen LogP contribution in [0.15, 0.2) is 72.8 Å². The molecule has 0 amide bonds. The van der Waals surface area contributed by atoms with Gasteiger partial charge in [-0.05, 0) is 12.1 Å². The molecule has 0 unspecified atom stereocenters. The summed E-state index contributed by atoms with van der Waals surface area (Å²) >= 11 is 0. The van der Waals surface area contributed by atoms with Crippen LogP contribution in [0.25, 0.3) is 44.5 Å². The Hall–Kier alpha value is -4.59. The topological polar surface area (TPSA) is 141 Å². The van der Waals surface area contributed by atoms with Gasteiger partial charge in [0.15, 0.2) is 0 Å². The second kappa shape index (κ2) is 8.65. The summed E-state index contributed by atoms with van der Waals surface area (Å²) in [7, 11) is 0. The summed E-state index contributed by atoms with van der Waals surface area (Å²) in [6, 6.07) is 23.7. The van der Waals surface area contributed by atoms with Gasteiger partial charge in [-0.3, -0.25) is 4.79 Å². The molecule has 0 saturated carbocycles. The van der Waals surface area contributed by atoms with Crippen LogP contribution in [0, 0.1) is 0 Å². The highest BCUT2D eigenvalue weighted by Gasteiger charge is 2.16.